The van der Waals surface area contributed by atoms with Gasteiger partial charge in [0.2, 0.25) is 0 Å². The second kappa shape index (κ2) is 21.4. The fourth-order valence-electron chi connectivity index (χ4n) is 6.68. The van der Waals surface area contributed by atoms with E-state index >= 15 is 0 Å². The Morgan fingerprint density at radius 2 is 0.967 bits per heavy atom. The van der Waals surface area contributed by atoms with Crippen molar-refractivity contribution in [1.29, 1.82) is 0 Å². The van der Waals surface area contributed by atoms with Crippen LogP contribution >= 0.6 is 0 Å². The first-order valence-corrected chi connectivity index (χ1v) is 19.2. The van der Waals surface area contributed by atoms with E-state index in [0.29, 0.717) is 0 Å². The van der Waals surface area contributed by atoms with Gasteiger partial charge in [-0.3, -0.25) is 9.59 Å². The highest BCUT2D eigenvalue weighted by molar-refractivity contribution is 5.79. The molecule has 0 aliphatic carbocycles. The second-order valence-electron chi connectivity index (χ2n) is 13.6. The molecule has 5 aromatic rings. The number of aliphatic hydroxyl groups is 1. The van der Waals surface area contributed by atoms with E-state index in [9.17, 15) is 24.3 Å². The van der Waals surface area contributed by atoms with Crippen LogP contribution < -0.4 is 10.6 Å². The highest BCUT2D eigenvalue weighted by Gasteiger charge is 2.51. The summed E-state index contributed by atoms with van der Waals surface area (Å²) < 4.78 is 40.5. The van der Waals surface area contributed by atoms with E-state index in [0.717, 1.165) is 27.8 Å². The molecule has 0 aromatic heterocycles. The van der Waals surface area contributed by atoms with E-state index in [4.69, 9.17) is 33.2 Å². The van der Waals surface area contributed by atoms with Crippen molar-refractivity contribution in [1.82, 2.24) is 10.6 Å². The Morgan fingerprint density at radius 1 is 0.583 bits per heavy atom. The van der Waals surface area contributed by atoms with Crippen molar-refractivity contribution in [2.75, 3.05) is 26.8 Å². The molecule has 0 radical (unpaired) electrons. The maximum absolute atomic E-state index is 13.3. The van der Waals surface area contributed by atoms with Gasteiger partial charge in [-0.15, -0.1) is 0 Å². The molecule has 14 heteroatoms. The standard InChI is InChI=1S/C46H46N2O12/c1-54-43-42(60-39(50)28-48-45(53)56-30-33-19-9-3-10-20-33)41(59-38(49)27-47-44(52)55-29-32-17-7-2-8-18-32)40(51)37(58-43)31-57-46(34-21-11-4-12-22-34,35-23-13-5-14-24-35)36-25-15-6-16-26-36/h2-26,37,40-43,51H,27-31H2,1H3,(H,47,52)(H,48,53)/t37-,40-,41-,42+,43+/m1/s1. The minimum Gasteiger partial charge on any atom is -0.454 e. The number of rotatable bonds is 17. The van der Waals surface area contributed by atoms with Gasteiger partial charge >= 0.3 is 24.1 Å². The highest BCUT2D eigenvalue weighted by Crippen LogP contribution is 2.41. The number of ether oxygens (including phenoxy) is 7. The smallest absolute Gasteiger partial charge is 0.407 e. The molecule has 1 aliphatic heterocycles. The molecule has 5 aromatic carbocycles. The summed E-state index contributed by atoms with van der Waals surface area (Å²) in [5.74, 6) is -1.98. The van der Waals surface area contributed by atoms with E-state index in [1.54, 1.807) is 48.5 Å². The summed E-state index contributed by atoms with van der Waals surface area (Å²) in [5, 5.41) is 16.6. The van der Waals surface area contributed by atoms with Crippen LogP contribution in [0.5, 0.6) is 0 Å². The van der Waals surface area contributed by atoms with Gasteiger partial charge in [0.05, 0.1) is 6.61 Å². The first-order valence-electron chi connectivity index (χ1n) is 19.2. The number of amides is 2. The lowest BCUT2D eigenvalue weighted by Gasteiger charge is -2.44. The summed E-state index contributed by atoms with van der Waals surface area (Å²) in [7, 11) is 1.28. The van der Waals surface area contributed by atoms with Crippen molar-refractivity contribution in [3.05, 3.63) is 179 Å². The van der Waals surface area contributed by atoms with Gasteiger partial charge in [0.25, 0.3) is 0 Å². The van der Waals surface area contributed by atoms with Crippen LogP contribution in [-0.4, -0.2) is 86.7 Å². The van der Waals surface area contributed by atoms with Gasteiger partial charge in [-0.25, -0.2) is 9.59 Å². The maximum atomic E-state index is 13.3. The SMILES string of the molecule is CO[C@H]1O[C@H](COC(c2ccccc2)(c2ccccc2)c2ccccc2)[C@@H](O)[C@@H](OC(=O)CNC(=O)OCc2ccccc2)[C@@H]1OC(=O)CNC(=O)OCc1ccccc1. The summed E-state index contributed by atoms with van der Waals surface area (Å²) in [6.07, 6.45) is -9.25. The summed E-state index contributed by atoms with van der Waals surface area (Å²) in [6.45, 7) is -1.67. The van der Waals surface area contributed by atoms with Crippen molar-refractivity contribution in [2.24, 2.45) is 0 Å². The Balaban J connectivity index is 1.20. The third-order valence-corrected chi connectivity index (χ3v) is 9.57. The third-order valence-electron chi connectivity index (χ3n) is 9.57. The topological polar surface area (TPSA) is 177 Å². The zero-order chi connectivity index (χ0) is 42.2. The number of hydrogen-bond acceptors (Lipinski definition) is 12. The van der Waals surface area contributed by atoms with Crippen molar-refractivity contribution in [3.63, 3.8) is 0 Å². The van der Waals surface area contributed by atoms with Gasteiger partial charge in [0, 0.05) is 7.11 Å². The molecule has 2 amide bonds. The second-order valence-corrected chi connectivity index (χ2v) is 13.6. The van der Waals surface area contributed by atoms with E-state index in [1.807, 2.05) is 103 Å². The molecule has 1 saturated heterocycles. The van der Waals surface area contributed by atoms with Crippen molar-refractivity contribution < 1.29 is 57.4 Å². The number of hydrogen-bond donors (Lipinski definition) is 3. The van der Waals surface area contributed by atoms with E-state index in [-0.39, 0.29) is 19.8 Å². The van der Waals surface area contributed by atoms with Crippen molar-refractivity contribution in [2.45, 2.75) is 49.5 Å². The fourth-order valence-corrected chi connectivity index (χ4v) is 6.68. The summed E-state index contributed by atoms with van der Waals surface area (Å²) >= 11 is 0. The van der Waals surface area contributed by atoms with Gasteiger partial charge in [-0.1, -0.05) is 152 Å². The van der Waals surface area contributed by atoms with Gasteiger partial charge in [0.15, 0.2) is 18.5 Å². The molecule has 60 heavy (non-hydrogen) atoms. The van der Waals surface area contributed by atoms with Gasteiger partial charge in [-0.2, -0.15) is 0 Å². The summed E-state index contributed by atoms with van der Waals surface area (Å²) in [5.41, 5.74) is 2.61. The molecule has 0 spiro atoms. The Hall–Kier alpha value is -6.58. The Kier molecular flexibility index (Phi) is 15.4. The summed E-state index contributed by atoms with van der Waals surface area (Å²) in [4.78, 5) is 51.3. The van der Waals surface area contributed by atoms with Gasteiger partial charge in [0.1, 0.15) is 44.1 Å². The lowest BCUT2D eigenvalue weighted by molar-refractivity contribution is -0.304. The normalized spacial score (nSPS) is 18.7. The maximum Gasteiger partial charge on any atom is 0.407 e. The molecule has 0 unspecified atom stereocenters. The monoisotopic (exact) mass is 818 g/mol. The average Bonchev–Trinajstić information content (AvgIpc) is 3.30. The minimum absolute atomic E-state index is 0.0362. The van der Waals surface area contributed by atoms with Gasteiger partial charge in [-0.05, 0) is 27.8 Å². The largest absolute Gasteiger partial charge is 0.454 e. The van der Waals surface area contributed by atoms with Crippen LogP contribution in [0.2, 0.25) is 0 Å². The molecule has 1 fully saturated rings. The molecular weight excluding hydrogens is 773 g/mol. The number of carbonyl (C=O) groups excluding carboxylic acids is 4. The number of methoxy groups -OCH3 is 1. The van der Waals surface area contributed by atoms with E-state index in [1.165, 1.54) is 7.11 Å². The first-order chi connectivity index (χ1) is 29.3. The number of esters is 2. The Morgan fingerprint density at radius 3 is 1.37 bits per heavy atom. The minimum atomic E-state index is -1.67. The lowest BCUT2D eigenvalue weighted by atomic mass is 9.80. The molecule has 6 rings (SSSR count). The summed E-state index contributed by atoms with van der Waals surface area (Å²) in [6, 6.07) is 46.5. The molecule has 0 bridgehead atoms. The number of aliphatic hydroxyl groups excluding tert-OH is 1. The quantitative estimate of drug-likeness (QED) is 0.0620. The molecule has 3 N–H and O–H groups in total. The average molecular weight is 819 g/mol. The molecule has 1 heterocycles. The molecule has 14 nitrogen and oxygen atoms in total. The highest BCUT2D eigenvalue weighted by atomic mass is 16.7. The van der Waals surface area contributed by atoms with Crippen molar-refractivity contribution >= 4 is 24.1 Å². The number of benzene rings is 5. The molecule has 0 saturated carbocycles. The molecule has 1 aliphatic rings. The van der Waals surface area contributed by atoms with Crippen LogP contribution in [0.25, 0.3) is 0 Å². The van der Waals surface area contributed by atoms with E-state index < -0.39 is 73.5 Å². The third kappa shape index (κ3) is 11.3. The number of carbonyl (C=O) groups is 4. The van der Waals surface area contributed by atoms with Crippen LogP contribution in [0.3, 0.4) is 0 Å². The van der Waals surface area contributed by atoms with Crippen LogP contribution in [0, 0.1) is 0 Å². The fraction of sp³-hybridized carbons (Fsp3) is 0.261. The first kappa shape index (κ1) is 43.0. The number of alkyl carbamates (subject to hydrolysis) is 2. The molecule has 312 valence electrons. The lowest BCUT2D eigenvalue weighted by Crippen LogP contribution is -2.62. The zero-order valence-corrected chi connectivity index (χ0v) is 32.8. The van der Waals surface area contributed by atoms with Crippen molar-refractivity contribution in [3.8, 4) is 0 Å². The van der Waals surface area contributed by atoms with Crippen LogP contribution in [0.1, 0.15) is 27.8 Å². The number of nitrogens with one attached hydrogen (secondary N) is 2. The van der Waals surface area contributed by atoms with Crippen LogP contribution in [0.15, 0.2) is 152 Å². The Labute approximate surface area is 347 Å². The van der Waals surface area contributed by atoms with Crippen LogP contribution in [-0.2, 0) is 61.6 Å². The van der Waals surface area contributed by atoms with Crippen LogP contribution in [0.4, 0.5) is 9.59 Å². The zero-order valence-electron chi connectivity index (χ0n) is 32.8. The molecule has 5 atom stereocenters. The van der Waals surface area contributed by atoms with E-state index in [2.05, 4.69) is 10.6 Å². The van der Waals surface area contributed by atoms with Gasteiger partial charge < -0.3 is 48.9 Å². The predicted octanol–water partition coefficient (Wildman–Crippen LogP) is 5.40. The Bertz CT molecular complexity index is 2010. The molecular formula is C46H46N2O12. The predicted molar refractivity (Wildman–Crippen MR) is 216 cm³/mol.